The SMILES string of the molecule is CCCCCn1nc(C(=O)NNC(=O)c2ccc(OC)c(OC)c2)c2ccccc2c1=O. The van der Waals surface area contributed by atoms with Gasteiger partial charge in [-0.1, -0.05) is 38.0 Å². The maximum Gasteiger partial charge on any atom is 0.290 e. The van der Waals surface area contributed by atoms with Gasteiger partial charge in [0.1, 0.15) is 0 Å². The molecule has 0 fully saturated rings. The topological polar surface area (TPSA) is 112 Å². The average molecular weight is 438 g/mol. The summed E-state index contributed by atoms with van der Waals surface area (Å²) in [5.74, 6) is -0.300. The normalized spacial score (nSPS) is 10.6. The highest BCUT2D eigenvalue weighted by Gasteiger charge is 2.18. The zero-order valence-corrected chi connectivity index (χ0v) is 18.3. The first kappa shape index (κ1) is 22.8. The summed E-state index contributed by atoms with van der Waals surface area (Å²) < 4.78 is 11.7. The third-order valence-electron chi connectivity index (χ3n) is 4.99. The Morgan fingerprint density at radius 2 is 1.62 bits per heavy atom. The molecule has 0 unspecified atom stereocenters. The first-order valence-corrected chi connectivity index (χ1v) is 10.3. The molecule has 9 nitrogen and oxygen atoms in total. The van der Waals surface area contributed by atoms with E-state index in [1.807, 2.05) is 0 Å². The lowest BCUT2D eigenvalue weighted by Gasteiger charge is -2.12. The number of amides is 2. The Balaban J connectivity index is 1.83. The van der Waals surface area contributed by atoms with Crippen molar-refractivity contribution >= 4 is 22.6 Å². The number of aromatic nitrogens is 2. The molecule has 0 saturated carbocycles. The standard InChI is InChI=1S/C23H26N4O5/c1-4-5-8-13-27-23(30)17-10-7-6-9-16(17)20(26-27)22(29)25-24-21(28)15-11-12-18(31-2)19(14-15)32-3/h6-7,9-12,14H,4-5,8,13H2,1-3H3,(H,24,28)(H,25,29). The molecule has 9 heteroatoms. The van der Waals surface area contributed by atoms with Crippen LogP contribution in [-0.4, -0.2) is 35.8 Å². The van der Waals surface area contributed by atoms with Gasteiger partial charge in [-0.15, -0.1) is 0 Å². The smallest absolute Gasteiger partial charge is 0.290 e. The predicted octanol–water partition coefficient (Wildman–Crippen LogP) is 2.68. The molecular weight excluding hydrogens is 412 g/mol. The van der Waals surface area contributed by atoms with Crippen molar-refractivity contribution < 1.29 is 19.1 Å². The molecule has 0 aliphatic heterocycles. The molecule has 0 saturated heterocycles. The third-order valence-corrected chi connectivity index (χ3v) is 4.99. The molecule has 3 rings (SSSR count). The number of unbranched alkanes of at least 4 members (excludes halogenated alkanes) is 2. The van der Waals surface area contributed by atoms with Crippen molar-refractivity contribution in [2.75, 3.05) is 14.2 Å². The van der Waals surface area contributed by atoms with E-state index in [1.165, 1.54) is 25.0 Å². The number of aryl methyl sites for hydroxylation is 1. The zero-order chi connectivity index (χ0) is 23.1. The fourth-order valence-electron chi connectivity index (χ4n) is 3.29. The molecule has 1 aromatic heterocycles. The summed E-state index contributed by atoms with van der Waals surface area (Å²) >= 11 is 0. The summed E-state index contributed by atoms with van der Waals surface area (Å²) in [5.41, 5.74) is 4.84. The minimum atomic E-state index is -0.626. The van der Waals surface area contributed by atoms with Gasteiger partial charge in [0.25, 0.3) is 17.4 Å². The molecule has 0 atom stereocenters. The van der Waals surface area contributed by atoms with Gasteiger partial charge in [-0.05, 0) is 30.7 Å². The van der Waals surface area contributed by atoms with Gasteiger partial charge >= 0.3 is 0 Å². The number of hydrazine groups is 1. The molecule has 2 amide bonds. The molecule has 0 aliphatic rings. The number of nitrogens with zero attached hydrogens (tertiary/aromatic N) is 2. The van der Waals surface area contributed by atoms with E-state index in [4.69, 9.17) is 9.47 Å². The Kier molecular flexibility index (Phi) is 7.43. The lowest BCUT2D eigenvalue weighted by molar-refractivity contribution is 0.0843. The quantitative estimate of drug-likeness (QED) is 0.413. The Morgan fingerprint density at radius 1 is 0.938 bits per heavy atom. The number of fused-ring (bicyclic) bond motifs is 1. The van der Waals surface area contributed by atoms with Crippen LogP contribution in [0.3, 0.4) is 0 Å². The molecule has 32 heavy (non-hydrogen) atoms. The van der Waals surface area contributed by atoms with Crippen LogP contribution in [0.25, 0.3) is 10.8 Å². The van der Waals surface area contributed by atoms with Crippen molar-refractivity contribution in [2.45, 2.75) is 32.7 Å². The van der Waals surface area contributed by atoms with Crippen LogP contribution in [0.4, 0.5) is 0 Å². The van der Waals surface area contributed by atoms with Crippen molar-refractivity contribution in [1.29, 1.82) is 0 Å². The van der Waals surface area contributed by atoms with Gasteiger partial charge in [-0.3, -0.25) is 25.2 Å². The molecule has 2 N–H and O–H groups in total. The van der Waals surface area contributed by atoms with E-state index in [1.54, 1.807) is 36.4 Å². The Labute approximate surface area is 185 Å². The van der Waals surface area contributed by atoms with Crippen LogP contribution in [0.2, 0.25) is 0 Å². The van der Waals surface area contributed by atoms with Crippen LogP contribution in [-0.2, 0) is 6.54 Å². The minimum absolute atomic E-state index is 0.0595. The van der Waals surface area contributed by atoms with Crippen LogP contribution < -0.4 is 25.9 Å². The second kappa shape index (κ2) is 10.4. The number of hydrogen-bond acceptors (Lipinski definition) is 6. The van der Waals surface area contributed by atoms with Gasteiger partial charge < -0.3 is 9.47 Å². The fourth-order valence-corrected chi connectivity index (χ4v) is 3.29. The molecule has 0 spiro atoms. The van der Waals surface area contributed by atoms with Crippen molar-refractivity contribution in [3.8, 4) is 11.5 Å². The molecular formula is C23H26N4O5. The van der Waals surface area contributed by atoms with E-state index < -0.39 is 11.8 Å². The Hall–Kier alpha value is -3.88. The average Bonchev–Trinajstić information content (AvgIpc) is 2.83. The first-order valence-electron chi connectivity index (χ1n) is 10.3. The number of benzene rings is 2. The number of hydrogen-bond donors (Lipinski definition) is 2. The van der Waals surface area contributed by atoms with Gasteiger partial charge in [0.15, 0.2) is 17.2 Å². The van der Waals surface area contributed by atoms with E-state index in [-0.39, 0.29) is 16.8 Å². The molecule has 1 heterocycles. The second-order valence-corrected chi connectivity index (χ2v) is 7.11. The van der Waals surface area contributed by atoms with Crippen molar-refractivity contribution in [1.82, 2.24) is 20.6 Å². The van der Waals surface area contributed by atoms with E-state index in [0.29, 0.717) is 28.8 Å². The Morgan fingerprint density at radius 3 is 2.31 bits per heavy atom. The zero-order valence-electron chi connectivity index (χ0n) is 18.3. The summed E-state index contributed by atoms with van der Waals surface area (Å²) in [6.45, 7) is 2.48. The number of ether oxygens (including phenoxy) is 2. The molecule has 0 aliphatic carbocycles. The van der Waals surface area contributed by atoms with Crippen LogP contribution >= 0.6 is 0 Å². The monoisotopic (exact) mass is 438 g/mol. The van der Waals surface area contributed by atoms with E-state index in [9.17, 15) is 14.4 Å². The number of carbonyl (C=O) groups excluding carboxylic acids is 2. The van der Waals surface area contributed by atoms with E-state index in [0.717, 1.165) is 19.3 Å². The van der Waals surface area contributed by atoms with Gasteiger partial charge in [0.05, 0.1) is 19.6 Å². The van der Waals surface area contributed by atoms with Crippen molar-refractivity contribution in [2.24, 2.45) is 0 Å². The summed E-state index contributed by atoms with van der Waals surface area (Å²) in [6, 6.07) is 11.4. The predicted molar refractivity (Wildman–Crippen MR) is 120 cm³/mol. The maximum absolute atomic E-state index is 12.9. The maximum atomic E-state index is 12.9. The number of nitrogens with one attached hydrogen (secondary N) is 2. The number of carbonyl (C=O) groups is 2. The lowest BCUT2D eigenvalue weighted by atomic mass is 10.1. The molecule has 0 bridgehead atoms. The molecule has 2 aromatic carbocycles. The highest BCUT2D eigenvalue weighted by atomic mass is 16.5. The lowest BCUT2D eigenvalue weighted by Crippen LogP contribution is -2.42. The largest absolute Gasteiger partial charge is 0.493 e. The van der Waals surface area contributed by atoms with Gasteiger partial charge in [-0.25, -0.2) is 4.68 Å². The van der Waals surface area contributed by atoms with Crippen LogP contribution in [0.15, 0.2) is 47.3 Å². The van der Waals surface area contributed by atoms with Gasteiger partial charge in [-0.2, -0.15) is 5.10 Å². The second-order valence-electron chi connectivity index (χ2n) is 7.11. The summed E-state index contributed by atoms with van der Waals surface area (Å²) in [7, 11) is 2.96. The van der Waals surface area contributed by atoms with Crippen LogP contribution in [0.5, 0.6) is 11.5 Å². The number of methoxy groups -OCH3 is 2. The fraction of sp³-hybridized carbons (Fsp3) is 0.304. The van der Waals surface area contributed by atoms with Crippen LogP contribution in [0, 0.1) is 0 Å². The van der Waals surface area contributed by atoms with Crippen LogP contribution in [0.1, 0.15) is 47.0 Å². The first-order chi connectivity index (χ1) is 15.5. The van der Waals surface area contributed by atoms with E-state index >= 15 is 0 Å². The summed E-state index contributed by atoms with van der Waals surface area (Å²) in [4.78, 5) is 38.1. The molecule has 0 radical (unpaired) electrons. The summed E-state index contributed by atoms with van der Waals surface area (Å²) in [5, 5.41) is 5.09. The van der Waals surface area contributed by atoms with Crippen molar-refractivity contribution in [3.05, 3.63) is 64.1 Å². The third kappa shape index (κ3) is 4.88. The Bertz CT molecular complexity index is 1190. The highest BCUT2D eigenvalue weighted by Crippen LogP contribution is 2.27. The molecule has 3 aromatic rings. The summed E-state index contributed by atoms with van der Waals surface area (Å²) in [6.07, 6.45) is 2.72. The van der Waals surface area contributed by atoms with Gasteiger partial charge in [0.2, 0.25) is 0 Å². The van der Waals surface area contributed by atoms with Crippen molar-refractivity contribution in [3.63, 3.8) is 0 Å². The molecule has 168 valence electrons. The highest BCUT2D eigenvalue weighted by molar-refractivity contribution is 6.06. The van der Waals surface area contributed by atoms with E-state index in [2.05, 4.69) is 22.9 Å². The minimum Gasteiger partial charge on any atom is -0.493 e. The number of rotatable bonds is 8. The van der Waals surface area contributed by atoms with Gasteiger partial charge in [0, 0.05) is 17.5 Å².